The molecule has 0 saturated carbocycles. The van der Waals surface area contributed by atoms with E-state index in [2.05, 4.69) is 14.7 Å². The van der Waals surface area contributed by atoms with Gasteiger partial charge >= 0.3 is 11.9 Å². The summed E-state index contributed by atoms with van der Waals surface area (Å²) in [6.45, 7) is 0. The Morgan fingerprint density at radius 3 is 2.18 bits per heavy atom. The Labute approximate surface area is 62.4 Å². The lowest BCUT2D eigenvalue weighted by Crippen LogP contribution is -2.25. The van der Waals surface area contributed by atoms with Gasteiger partial charge in [-0.05, 0) is 0 Å². The molecule has 62 valence electrons. The lowest BCUT2D eigenvalue weighted by molar-refractivity contribution is -0.136. The molecule has 0 aromatic carbocycles. The maximum absolute atomic E-state index is 10.5. The standard InChI is InChI=1S/C5H7NO5/c1-10-5(9)3(4(7)8)6-11-2/h1-2H3,(H,7,8). The Morgan fingerprint density at radius 2 is 1.91 bits per heavy atom. The average molecular weight is 161 g/mol. The van der Waals surface area contributed by atoms with Crippen LogP contribution in [0.15, 0.2) is 5.16 Å². The molecule has 0 radical (unpaired) electrons. The summed E-state index contributed by atoms with van der Waals surface area (Å²) in [5.74, 6) is -2.53. The van der Waals surface area contributed by atoms with Crippen LogP contribution in [0.3, 0.4) is 0 Å². The smallest absolute Gasteiger partial charge is 0.367 e. The van der Waals surface area contributed by atoms with Gasteiger partial charge in [0.05, 0.1) is 7.11 Å². The number of ether oxygens (including phenoxy) is 1. The molecule has 0 aliphatic rings. The average Bonchev–Trinajstić information content (AvgIpc) is 1.98. The second kappa shape index (κ2) is 4.26. The molecule has 6 heteroatoms. The summed E-state index contributed by atoms with van der Waals surface area (Å²) < 4.78 is 4.10. The molecule has 0 saturated heterocycles. The lowest BCUT2D eigenvalue weighted by Gasteiger charge is -1.96. The molecule has 0 aliphatic carbocycles. The number of aliphatic carboxylic acids is 1. The Kier molecular flexibility index (Phi) is 3.65. The van der Waals surface area contributed by atoms with Crippen molar-refractivity contribution >= 4 is 17.7 Å². The number of carboxylic acids is 1. The van der Waals surface area contributed by atoms with Gasteiger partial charge in [-0.15, -0.1) is 0 Å². The quantitative estimate of drug-likeness (QED) is 0.254. The first kappa shape index (κ1) is 9.41. The number of rotatable bonds is 3. The van der Waals surface area contributed by atoms with Crippen molar-refractivity contribution in [3.8, 4) is 0 Å². The topological polar surface area (TPSA) is 85.2 Å². The normalized spacial score (nSPS) is 10.5. The monoisotopic (exact) mass is 161 g/mol. The maximum atomic E-state index is 10.5. The van der Waals surface area contributed by atoms with E-state index in [9.17, 15) is 9.59 Å². The summed E-state index contributed by atoms with van der Waals surface area (Å²) in [5, 5.41) is 11.2. The minimum absolute atomic E-state index is 0.782. The van der Waals surface area contributed by atoms with Crippen molar-refractivity contribution in [3.05, 3.63) is 0 Å². The van der Waals surface area contributed by atoms with Gasteiger partial charge < -0.3 is 14.7 Å². The molecule has 0 rings (SSSR count). The number of carboxylic acid groups (broad SMARTS) is 1. The molecule has 0 heterocycles. The van der Waals surface area contributed by atoms with Crippen LogP contribution in [0, 0.1) is 0 Å². The number of esters is 1. The minimum Gasteiger partial charge on any atom is -0.476 e. The molecule has 1 N–H and O–H groups in total. The molecular weight excluding hydrogens is 154 g/mol. The van der Waals surface area contributed by atoms with E-state index >= 15 is 0 Å². The molecule has 11 heavy (non-hydrogen) atoms. The highest BCUT2D eigenvalue weighted by Crippen LogP contribution is 1.84. The Balaban J connectivity index is 4.48. The van der Waals surface area contributed by atoms with Crippen molar-refractivity contribution in [3.63, 3.8) is 0 Å². The van der Waals surface area contributed by atoms with Crippen LogP contribution in [0.5, 0.6) is 0 Å². The van der Waals surface area contributed by atoms with E-state index in [0.29, 0.717) is 0 Å². The number of hydrogen-bond acceptors (Lipinski definition) is 5. The first-order chi connectivity index (χ1) is 5.13. The highest BCUT2D eigenvalue weighted by molar-refractivity contribution is 6.62. The Hall–Kier alpha value is -1.59. The van der Waals surface area contributed by atoms with E-state index in [1.807, 2.05) is 0 Å². The fourth-order valence-corrected chi connectivity index (χ4v) is 0.352. The SMILES string of the molecule is CON=C(C(=O)O)C(=O)OC. The summed E-state index contributed by atoms with van der Waals surface area (Å²) >= 11 is 0. The number of oxime groups is 1. The molecule has 0 unspecified atom stereocenters. The van der Waals surface area contributed by atoms with Gasteiger partial charge in [0.15, 0.2) is 0 Å². The summed E-state index contributed by atoms with van der Waals surface area (Å²) in [6, 6.07) is 0. The third kappa shape index (κ3) is 2.65. The minimum atomic E-state index is -1.49. The van der Waals surface area contributed by atoms with Crippen LogP contribution in [-0.4, -0.2) is 37.0 Å². The van der Waals surface area contributed by atoms with Crippen LogP contribution < -0.4 is 0 Å². The number of nitrogens with zero attached hydrogens (tertiary/aromatic N) is 1. The molecule has 6 nitrogen and oxygen atoms in total. The van der Waals surface area contributed by atoms with Crippen molar-refractivity contribution in [1.82, 2.24) is 0 Å². The molecule has 0 fully saturated rings. The first-order valence-corrected chi connectivity index (χ1v) is 2.56. The molecule has 0 aromatic rings. The number of methoxy groups -OCH3 is 1. The van der Waals surface area contributed by atoms with Gasteiger partial charge in [-0.25, -0.2) is 9.59 Å². The van der Waals surface area contributed by atoms with Gasteiger partial charge in [-0.3, -0.25) is 0 Å². The van der Waals surface area contributed by atoms with E-state index in [4.69, 9.17) is 5.11 Å². The largest absolute Gasteiger partial charge is 0.476 e. The number of hydrogen-bond donors (Lipinski definition) is 1. The second-order valence-electron chi connectivity index (χ2n) is 1.42. The summed E-state index contributed by atoms with van der Waals surface area (Å²) in [4.78, 5) is 24.8. The predicted molar refractivity (Wildman–Crippen MR) is 34.1 cm³/mol. The van der Waals surface area contributed by atoms with Gasteiger partial charge in [0.2, 0.25) is 0 Å². The molecule has 0 aliphatic heterocycles. The van der Waals surface area contributed by atoms with Crippen LogP contribution in [0.25, 0.3) is 0 Å². The van der Waals surface area contributed by atoms with Crippen molar-refractivity contribution < 1.29 is 24.3 Å². The molecule has 0 aromatic heterocycles. The van der Waals surface area contributed by atoms with Crippen LogP contribution in [0.4, 0.5) is 0 Å². The van der Waals surface area contributed by atoms with Crippen molar-refractivity contribution in [2.24, 2.45) is 5.16 Å². The van der Waals surface area contributed by atoms with E-state index in [0.717, 1.165) is 14.2 Å². The fourth-order valence-electron chi connectivity index (χ4n) is 0.352. The van der Waals surface area contributed by atoms with E-state index in [-0.39, 0.29) is 0 Å². The number of carbonyl (C=O) groups is 2. The third-order valence-corrected chi connectivity index (χ3v) is 0.764. The van der Waals surface area contributed by atoms with Gasteiger partial charge in [0.1, 0.15) is 7.11 Å². The van der Waals surface area contributed by atoms with Gasteiger partial charge in [0.25, 0.3) is 5.71 Å². The number of carbonyl (C=O) groups excluding carboxylic acids is 1. The second-order valence-corrected chi connectivity index (χ2v) is 1.42. The van der Waals surface area contributed by atoms with Crippen molar-refractivity contribution in [2.45, 2.75) is 0 Å². The van der Waals surface area contributed by atoms with Gasteiger partial charge in [-0.2, -0.15) is 0 Å². The molecule has 0 amide bonds. The van der Waals surface area contributed by atoms with Crippen molar-refractivity contribution in [2.75, 3.05) is 14.2 Å². The van der Waals surface area contributed by atoms with Crippen LogP contribution in [0.1, 0.15) is 0 Å². The van der Waals surface area contributed by atoms with Crippen molar-refractivity contribution in [1.29, 1.82) is 0 Å². The Bertz CT molecular complexity index is 197. The third-order valence-electron chi connectivity index (χ3n) is 0.764. The van der Waals surface area contributed by atoms with Gasteiger partial charge in [-0.1, -0.05) is 5.16 Å². The van der Waals surface area contributed by atoms with Crippen LogP contribution in [-0.2, 0) is 19.2 Å². The molecule has 0 bridgehead atoms. The Morgan fingerprint density at radius 1 is 1.36 bits per heavy atom. The lowest BCUT2D eigenvalue weighted by atomic mass is 10.4. The van der Waals surface area contributed by atoms with E-state index in [1.54, 1.807) is 0 Å². The zero-order valence-corrected chi connectivity index (χ0v) is 6.03. The summed E-state index contributed by atoms with van der Waals surface area (Å²) in [5.41, 5.74) is -0.782. The highest BCUT2D eigenvalue weighted by Gasteiger charge is 2.20. The van der Waals surface area contributed by atoms with Crippen LogP contribution >= 0.6 is 0 Å². The molecule has 0 atom stereocenters. The van der Waals surface area contributed by atoms with Crippen LogP contribution in [0.2, 0.25) is 0 Å². The molecule has 0 spiro atoms. The summed E-state index contributed by atoms with van der Waals surface area (Å²) in [7, 11) is 2.18. The van der Waals surface area contributed by atoms with E-state index < -0.39 is 17.7 Å². The zero-order chi connectivity index (χ0) is 8.85. The zero-order valence-electron chi connectivity index (χ0n) is 6.03. The maximum Gasteiger partial charge on any atom is 0.367 e. The first-order valence-electron chi connectivity index (χ1n) is 2.56. The van der Waals surface area contributed by atoms with E-state index in [1.165, 1.54) is 0 Å². The fraction of sp³-hybridized carbons (Fsp3) is 0.400. The van der Waals surface area contributed by atoms with Gasteiger partial charge in [0, 0.05) is 0 Å². The summed E-state index contributed by atoms with van der Waals surface area (Å²) in [6.07, 6.45) is 0. The highest BCUT2D eigenvalue weighted by atomic mass is 16.6. The molecular formula is C5H7NO5. The predicted octanol–water partition coefficient (Wildman–Crippen LogP) is -0.754.